The van der Waals surface area contributed by atoms with Crippen molar-refractivity contribution < 1.29 is 14.7 Å². The Kier molecular flexibility index (Phi) is 3.57. The molecule has 0 aromatic carbocycles. The Morgan fingerprint density at radius 2 is 2.39 bits per heavy atom. The summed E-state index contributed by atoms with van der Waals surface area (Å²) in [6, 6.07) is 2.81. The largest absolute Gasteiger partial charge is 0.480 e. The lowest BCUT2D eigenvalue weighted by atomic mass is 10.1. The van der Waals surface area contributed by atoms with Crippen LogP contribution in [0.2, 0.25) is 0 Å². The van der Waals surface area contributed by atoms with E-state index in [1.165, 1.54) is 4.90 Å². The number of aliphatic carboxylic acids is 1. The fraction of sp³-hybridized carbons (Fsp3) is 0.417. The van der Waals surface area contributed by atoms with Gasteiger partial charge in [0.15, 0.2) is 0 Å². The maximum atomic E-state index is 11.9. The first-order valence-corrected chi connectivity index (χ1v) is 5.67. The van der Waals surface area contributed by atoms with Crippen molar-refractivity contribution in [2.45, 2.75) is 12.6 Å². The van der Waals surface area contributed by atoms with Gasteiger partial charge in [-0.15, -0.1) is 0 Å². The fourth-order valence-corrected chi connectivity index (χ4v) is 2.05. The Balaban J connectivity index is 2.17. The molecule has 0 saturated carbocycles. The van der Waals surface area contributed by atoms with Crippen LogP contribution in [0.5, 0.6) is 0 Å². The minimum Gasteiger partial charge on any atom is -0.480 e. The van der Waals surface area contributed by atoms with Crippen LogP contribution in [0.15, 0.2) is 24.5 Å². The third-order valence-corrected chi connectivity index (χ3v) is 2.95. The number of likely N-dealkylation sites (N-methyl/N-ethyl adjacent to an activating group) is 1. The van der Waals surface area contributed by atoms with E-state index < -0.39 is 12.0 Å². The Labute approximate surface area is 105 Å². The van der Waals surface area contributed by atoms with E-state index in [2.05, 4.69) is 4.98 Å². The second kappa shape index (κ2) is 5.14. The number of carboxylic acids is 1. The van der Waals surface area contributed by atoms with Gasteiger partial charge in [-0.3, -0.25) is 14.7 Å². The van der Waals surface area contributed by atoms with E-state index in [4.69, 9.17) is 0 Å². The predicted octanol–water partition coefficient (Wildman–Crippen LogP) is -0.191. The number of carbonyl (C=O) groups excluding carboxylic acids is 1. The lowest BCUT2D eigenvalue weighted by Gasteiger charge is -2.37. The first-order valence-electron chi connectivity index (χ1n) is 5.67. The highest BCUT2D eigenvalue weighted by Crippen LogP contribution is 2.14. The molecule has 0 bridgehead atoms. The molecule has 2 heterocycles. The molecule has 0 spiro atoms. The van der Waals surface area contributed by atoms with Crippen LogP contribution in [0.1, 0.15) is 5.56 Å². The molecule has 1 N–H and O–H groups in total. The quantitative estimate of drug-likeness (QED) is 0.803. The van der Waals surface area contributed by atoms with E-state index in [0.29, 0.717) is 6.54 Å². The van der Waals surface area contributed by atoms with Crippen molar-refractivity contribution in [1.29, 1.82) is 0 Å². The van der Waals surface area contributed by atoms with Gasteiger partial charge in [0.2, 0.25) is 5.91 Å². The van der Waals surface area contributed by atoms with E-state index in [9.17, 15) is 14.7 Å². The zero-order valence-electron chi connectivity index (χ0n) is 10.1. The molecule has 0 radical (unpaired) electrons. The molecule has 1 aliphatic rings. The number of rotatable bonds is 3. The fourth-order valence-electron chi connectivity index (χ4n) is 2.05. The van der Waals surface area contributed by atoms with Gasteiger partial charge in [0.25, 0.3) is 0 Å². The summed E-state index contributed by atoms with van der Waals surface area (Å²) >= 11 is 0. The Morgan fingerprint density at radius 3 is 3.00 bits per heavy atom. The molecule has 1 atom stereocenters. The molecule has 1 aromatic rings. The number of pyridine rings is 1. The molecule has 1 unspecified atom stereocenters. The molecule has 18 heavy (non-hydrogen) atoms. The maximum absolute atomic E-state index is 11.9. The van der Waals surface area contributed by atoms with Gasteiger partial charge in [-0.2, -0.15) is 0 Å². The number of amides is 1. The second-order valence-corrected chi connectivity index (χ2v) is 4.43. The zero-order valence-corrected chi connectivity index (χ0v) is 10.1. The summed E-state index contributed by atoms with van der Waals surface area (Å²) < 4.78 is 0. The lowest BCUT2D eigenvalue weighted by Crippen LogP contribution is -2.57. The van der Waals surface area contributed by atoms with Gasteiger partial charge in [0.1, 0.15) is 6.04 Å². The Bertz CT molecular complexity index is 449. The number of carbonyl (C=O) groups is 2. The average molecular weight is 249 g/mol. The summed E-state index contributed by atoms with van der Waals surface area (Å²) in [6.45, 7) is 0.892. The van der Waals surface area contributed by atoms with Crippen molar-refractivity contribution >= 4 is 11.9 Å². The van der Waals surface area contributed by atoms with Crippen molar-refractivity contribution in [3.05, 3.63) is 30.1 Å². The van der Waals surface area contributed by atoms with Gasteiger partial charge in [0, 0.05) is 25.5 Å². The number of hydrogen-bond acceptors (Lipinski definition) is 4. The smallest absolute Gasteiger partial charge is 0.327 e. The van der Waals surface area contributed by atoms with Crippen molar-refractivity contribution in [2.24, 2.45) is 0 Å². The van der Waals surface area contributed by atoms with Crippen molar-refractivity contribution in [3.8, 4) is 0 Å². The average Bonchev–Trinajstić information content (AvgIpc) is 2.33. The Morgan fingerprint density at radius 1 is 1.61 bits per heavy atom. The molecular weight excluding hydrogens is 234 g/mol. The molecule has 96 valence electrons. The van der Waals surface area contributed by atoms with E-state index >= 15 is 0 Å². The number of aromatic nitrogens is 1. The van der Waals surface area contributed by atoms with Crippen LogP contribution >= 0.6 is 0 Å². The summed E-state index contributed by atoms with van der Waals surface area (Å²) in [5, 5.41) is 9.19. The number of hydrogen-bond donors (Lipinski definition) is 1. The van der Waals surface area contributed by atoms with Crippen molar-refractivity contribution in [3.63, 3.8) is 0 Å². The third-order valence-electron chi connectivity index (χ3n) is 2.95. The van der Waals surface area contributed by atoms with Gasteiger partial charge in [0.05, 0.1) is 6.54 Å². The van der Waals surface area contributed by atoms with Gasteiger partial charge in [-0.05, 0) is 18.7 Å². The molecule has 6 nitrogen and oxygen atoms in total. The van der Waals surface area contributed by atoms with Crippen LogP contribution in [0.4, 0.5) is 0 Å². The highest BCUT2D eigenvalue weighted by atomic mass is 16.4. The molecule has 1 aromatic heterocycles. The minimum absolute atomic E-state index is 0.167. The van der Waals surface area contributed by atoms with E-state index in [-0.39, 0.29) is 19.0 Å². The topological polar surface area (TPSA) is 73.7 Å². The number of carboxylic acid groups (broad SMARTS) is 1. The predicted molar refractivity (Wildman–Crippen MR) is 63.7 cm³/mol. The highest BCUT2D eigenvalue weighted by Gasteiger charge is 2.35. The van der Waals surface area contributed by atoms with E-state index in [1.807, 2.05) is 6.07 Å². The van der Waals surface area contributed by atoms with Crippen LogP contribution in [0.25, 0.3) is 0 Å². The van der Waals surface area contributed by atoms with Gasteiger partial charge in [-0.25, -0.2) is 4.79 Å². The molecule has 1 aliphatic heterocycles. The number of piperazine rings is 1. The first-order chi connectivity index (χ1) is 8.58. The lowest BCUT2D eigenvalue weighted by molar-refractivity contribution is -0.156. The summed E-state index contributed by atoms with van der Waals surface area (Å²) in [6.07, 6.45) is 3.29. The molecule has 0 aliphatic carbocycles. The van der Waals surface area contributed by atoms with Crippen LogP contribution in [0.3, 0.4) is 0 Å². The monoisotopic (exact) mass is 249 g/mol. The van der Waals surface area contributed by atoms with Crippen molar-refractivity contribution in [2.75, 3.05) is 20.1 Å². The number of nitrogens with zero attached hydrogens (tertiary/aromatic N) is 3. The maximum Gasteiger partial charge on any atom is 0.327 e. The van der Waals surface area contributed by atoms with Crippen LogP contribution < -0.4 is 0 Å². The van der Waals surface area contributed by atoms with Crippen molar-refractivity contribution in [1.82, 2.24) is 14.8 Å². The second-order valence-electron chi connectivity index (χ2n) is 4.43. The highest BCUT2D eigenvalue weighted by molar-refractivity contribution is 5.86. The van der Waals surface area contributed by atoms with E-state index in [0.717, 1.165) is 5.56 Å². The van der Waals surface area contributed by atoms with Crippen LogP contribution in [-0.2, 0) is 16.1 Å². The van der Waals surface area contributed by atoms with Gasteiger partial charge < -0.3 is 10.0 Å². The molecular formula is C12H15N3O3. The minimum atomic E-state index is -0.973. The van der Waals surface area contributed by atoms with Gasteiger partial charge >= 0.3 is 5.97 Å². The first kappa shape index (κ1) is 12.5. The normalized spacial score (nSPS) is 21.1. The standard InChI is InChI=1S/C12H15N3O3/c1-14-7-10(12(17)18)15(11(16)8-14)6-9-3-2-4-13-5-9/h2-5,10H,6-8H2,1H3,(H,17,18). The SMILES string of the molecule is CN1CC(=O)N(Cc2cccnc2)C(C(=O)O)C1. The summed E-state index contributed by atoms with van der Waals surface area (Å²) in [5.41, 5.74) is 0.835. The van der Waals surface area contributed by atoms with E-state index in [1.54, 1.807) is 30.4 Å². The summed E-state index contributed by atoms with van der Waals surface area (Å²) in [7, 11) is 1.75. The summed E-state index contributed by atoms with van der Waals surface area (Å²) in [4.78, 5) is 30.2. The molecule has 6 heteroatoms. The summed E-state index contributed by atoms with van der Waals surface area (Å²) in [5.74, 6) is -1.14. The molecule has 1 amide bonds. The molecule has 1 saturated heterocycles. The van der Waals surface area contributed by atoms with Crippen LogP contribution in [-0.4, -0.2) is 57.9 Å². The van der Waals surface area contributed by atoms with Crippen LogP contribution in [0, 0.1) is 0 Å². The zero-order chi connectivity index (χ0) is 13.1. The molecule has 1 fully saturated rings. The Hall–Kier alpha value is -1.95. The molecule has 2 rings (SSSR count). The third kappa shape index (κ3) is 2.65. The van der Waals surface area contributed by atoms with Gasteiger partial charge in [-0.1, -0.05) is 6.07 Å².